The largest absolute Gasteiger partial charge is 0.496 e. The summed E-state index contributed by atoms with van der Waals surface area (Å²) >= 11 is 0. The van der Waals surface area contributed by atoms with Crippen LogP contribution in [-0.4, -0.2) is 37.2 Å². The fourth-order valence-corrected chi connectivity index (χ4v) is 4.81. The van der Waals surface area contributed by atoms with Gasteiger partial charge >= 0.3 is 0 Å². The quantitative estimate of drug-likeness (QED) is 0.376. The molecule has 0 saturated heterocycles. The Hall–Kier alpha value is -3.52. The smallest absolute Gasteiger partial charge is 0.252 e. The van der Waals surface area contributed by atoms with Gasteiger partial charge in [0.05, 0.1) is 24.2 Å². The van der Waals surface area contributed by atoms with Gasteiger partial charge in [-0.15, -0.1) is 5.10 Å². The molecule has 2 aromatic carbocycles. The number of rotatable bonds is 8. The van der Waals surface area contributed by atoms with Crippen LogP contribution in [0.5, 0.6) is 5.75 Å². The molecule has 8 nitrogen and oxygen atoms in total. The van der Waals surface area contributed by atoms with Crippen molar-refractivity contribution in [1.82, 2.24) is 30.1 Å². The molecular formula is C28H36N6O2. The summed E-state index contributed by atoms with van der Waals surface area (Å²) < 4.78 is 7.55. The molecule has 8 heteroatoms. The lowest BCUT2D eigenvalue weighted by Crippen LogP contribution is -2.37. The van der Waals surface area contributed by atoms with E-state index >= 15 is 0 Å². The van der Waals surface area contributed by atoms with Gasteiger partial charge in [0.2, 0.25) is 0 Å². The molecular weight excluding hydrogens is 452 g/mol. The van der Waals surface area contributed by atoms with Crippen LogP contribution in [0.2, 0.25) is 0 Å². The third-order valence-corrected chi connectivity index (χ3v) is 6.52. The molecule has 36 heavy (non-hydrogen) atoms. The standard InChI is InChI=1S/C28H36N6O2/c1-18(2)25(26-30-31-32-34(26)28(4,5)6)33(16-21-12-8-9-14-23(21)36-7)17-22-15-20-13-10-11-19(3)24(20)29-27(22)35/h8-15,18,25H,16-17H2,1-7H3,(H,29,35). The van der Waals surface area contributed by atoms with Crippen LogP contribution in [0.1, 0.15) is 63.2 Å². The SMILES string of the molecule is COc1ccccc1CN(Cc1cc2cccc(C)c2[nH]c1=O)C(c1nnnn1C(C)(C)C)C(C)C. The van der Waals surface area contributed by atoms with Crippen LogP contribution in [0.25, 0.3) is 10.9 Å². The summed E-state index contributed by atoms with van der Waals surface area (Å²) in [5.74, 6) is 1.76. The Kier molecular flexibility index (Phi) is 7.26. The maximum absolute atomic E-state index is 13.2. The Labute approximate surface area is 212 Å². The molecule has 0 radical (unpaired) electrons. The number of aryl methyl sites for hydroxylation is 1. The Morgan fingerprint density at radius 1 is 1.06 bits per heavy atom. The summed E-state index contributed by atoms with van der Waals surface area (Å²) in [6, 6.07) is 15.9. The molecule has 0 fully saturated rings. The van der Waals surface area contributed by atoms with Crippen LogP contribution in [0.15, 0.2) is 53.3 Å². The van der Waals surface area contributed by atoms with Gasteiger partial charge in [-0.1, -0.05) is 50.2 Å². The van der Waals surface area contributed by atoms with E-state index in [1.54, 1.807) is 7.11 Å². The third-order valence-electron chi connectivity index (χ3n) is 6.52. The second kappa shape index (κ2) is 10.2. The number of H-pyrrole nitrogens is 1. The van der Waals surface area contributed by atoms with Gasteiger partial charge in [-0.2, -0.15) is 0 Å². The van der Waals surface area contributed by atoms with Crippen LogP contribution in [0.3, 0.4) is 0 Å². The van der Waals surface area contributed by atoms with E-state index in [1.807, 2.05) is 54.1 Å². The maximum atomic E-state index is 13.2. The van der Waals surface area contributed by atoms with Gasteiger partial charge in [-0.3, -0.25) is 9.69 Å². The lowest BCUT2D eigenvalue weighted by atomic mass is 9.98. The molecule has 0 bridgehead atoms. The highest BCUT2D eigenvalue weighted by atomic mass is 16.5. The minimum Gasteiger partial charge on any atom is -0.496 e. The predicted octanol–water partition coefficient (Wildman–Crippen LogP) is 4.99. The minimum atomic E-state index is -0.292. The van der Waals surface area contributed by atoms with Gasteiger partial charge < -0.3 is 9.72 Å². The zero-order valence-electron chi connectivity index (χ0n) is 22.2. The zero-order chi connectivity index (χ0) is 26.0. The first kappa shape index (κ1) is 25.6. The van der Waals surface area contributed by atoms with Crippen molar-refractivity contribution in [3.05, 3.63) is 81.4 Å². The number of nitrogens with one attached hydrogen (secondary N) is 1. The molecule has 1 atom stereocenters. The number of tetrazole rings is 1. The third kappa shape index (κ3) is 5.18. The van der Waals surface area contributed by atoms with Crippen molar-refractivity contribution < 1.29 is 4.74 Å². The maximum Gasteiger partial charge on any atom is 0.252 e. The van der Waals surface area contributed by atoms with Gasteiger partial charge in [0.25, 0.3) is 5.56 Å². The average molecular weight is 489 g/mol. The van der Waals surface area contributed by atoms with Crippen LogP contribution in [0, 0.1) is 12.8 Å². The molecule has 1 N–H and O–H groups in total. The van der Waals surface area contributed by atoms with Gasteiger partial charge in [0.15, 0.2) is 5.82 Å². The van der Waals surface area contributed by atoms with E-state index in [0.29, 0.717) is 18.7 Å². The summed E-state index contributed by atoms with van der Waals surface area (Å²) in [7, 11) is 1.68. The molecule has 2 aromatic heterocycles. The van der Waals surface area contributed by atoms with Crippen LogP contribution in [0.4, 0.5) is 0 Å². The highest BCUT2D eigenvalue weighted by molar-refractivity contribution is 5.81. The normalized spacial score (nSPS) is 13.0. The molecule has 2 heterocycles. The number of benzene rings is 2. The topological polar surface area (TPSA) is 88.9 Å². The van der Waals surface area contributed by atoms with E-state index in [2.05, 4.69) is 66.1 Å². The number of hydrogen-bond donors (Lipinski definition) is 1. The fraction of sp³-hybridized carbons (Fsp3) is 0.429. The van der Waals surface area contributed by atoms with E-state index < -0.39 is 0 Å². The lowest BCUT2D eigenvalue weighted by molar-refractivity contribution is 0.118. The first-order valence-electron chi connectivity index (χ1n) is 12.4. The van der Waals surface area contributed by atoms with E-state index in [0.717, 1.165) is 33.6 Å². The number of aromatic nitrogens is 5. The number of hydrogen-bond acceptors (Lipinski definition) is 6. The van der Waals surface area contributed by atoms with Gasteiger partial charge in [0.1, 0.15) is 5.75 Å². The molecule has 0 spiro atoms. The number of nitrogens with zero attached hydrogens (tertiary/aromatic N) is 5. The monoisotopic (exact) mass is 488 g/mol. The number of methoxy groups -OCH3 is 1. The Morgan fingerprint density at radius 2 is 1.78 bits per heavy atom. The highest BCUT2D eigenvalue weighted by Crippen LogP contribution is 2.33. The van der Waals surface area contributed by atoms with Crippen molar-refractivity contribution in [2.24, 2.45) is 5.92 Å². The van der Waals surface area contributed by atoms with E-state index in [-0.39, 0.29) is 23.1 Å². The van der Waals surface area contributed by atoms with Crippen molar-refractivity contribution in [3.8, 4) is 5.75 Å². The van der Waals surface area contributed by atoms with Crippen molar-refractivity contribution in [2.45, 2.75) is 66.2 Å². The number of pyridine rings is 1. The fourth-order valence-electron chi connectivity index (χ4n) is 4.81. The summed E-state index contributed by atoms with van der Waals surface area (Å²) in [6.07, 6.45) is 0. The van der Waals surface area contributed by atoms with Crippen molar-refractivity contribution in [1.29, 1.82) is 0 Å². The molecule has 4 aromatic rings. The molecule has 4 rings (SSSR count). The van der Waals surface area contributed by atoms with E-state index in [4.69, 9.17) is 4.74 Å². The molecule has 1 unspecified atom stereocenters. The summed E-state index contributed by atoms with van der Waals surface area (Å²) in [4.78, 5) is 18.6. The highest BCUT2D eigenvalue weighted by Gasteiger charge is 2.33. The van der Waals surface area contributed by atoms with Gasteiger partial charge in [-0.05, 0) is 67.1 Å². The van der Waals surface area contributed by atoms with Gasteiger partial charge in [-0.25, -0.2) is 4.68 Å². The molecule has 0 aliphatic rings. The average Bonchev–Trinajstić information content (AvgIpc) is 3.30. The van der Waals surface area contributed by atoms with Crippen LogP contribution < -0.4 is 10.3 Å². The predicted molar refractivity (Wildman–Crippen MR) is 142 cm³/mol. The molecule has 0 saturated carbocycles. The van der Waals surface area contributed by atoms with Gasteiger partial charge in [0, 0.05) is 24.2 Å². The molecule has 0 aliphatic carbocycles. The second-order valence-corrected chi connectivity index (χ2v) is 10.7. The minimum absolute atomic E-state index is 0.0836. The number of ether oxygens (including phenoxy) is 1. The summed E-state index contributed by atoms with van der Waals surface area (Å²) in [5.41, 5.74) is 3.28. The Bertz CT molecular complexity index is 1400. The van der Waals surface area contributed by atoms with E-state index in [1.165, 1.54) is 0 Å². The first-order chi connectivity index (χ1) is 17.1. The molecule has 0 aliphatic heterocycles. The number of fused-ring (bicyclic) bond motifs is 1. The Balaban J connectivity index is 1.84. The molecule has 0 amide bonds. The van der Waals surface area contributed by atoms with E-state index in [9.17, 15) is 4.79 Å². The number of para-hydroxylation sites is 2. The van der Waals surface area contributed by atoms with Crippen molar-refractivity contribution >= 4 is 10.9 Å². The van der Waals surface area contributed by atoms with Crippen LogP contribution in [-0.2, 0) is 18.6 Å². The number of aromatic amines is 1. The van der Waals surface area contributed by atoms with Crippen LogP contribution >= 0.6 is 0 Å². The summed E-state index contributed by atoms with van der Waals surface area (Å²) in [5, 5.41) is 13.9. The lowest BCUT2D eigenvalue weighted by Gasteiger charge is -2.35. The van der Waals surface area contributed by atoms with Crippen molar-refractivity contribution in [2.75, 3.05) is 7.11 Å². The Morgan fingerprint density at radius 3 is 2.47 bits per heavy atom. The first-order valence-corrected chi connectivity index (χ1v) is 12.4. The second-order valence-electron chi connectivity index (χ2n) is 10.7. The van der Waals surface area contributed by atoms with Crippen molar-refractivity contribution in [3.63, 3.8) is 0 Å². The zero-order valence-corrected chi connectivity index (χ0v) is 22.2. The summed E-state index contributed by atoms with van der Waals surface area (Å²) in [6.45, 7) is 13.6. The molecule has 190 valence electrons.